The van der Waals surface area contributed by atoms with E-state index in [4.69, 9.17) is 0 Å². The summed E-state index contributed by atoms with van der Waals surface area (Å²) >= 11 is 0. The Kier molecular flexibility index (Phi) is 3.06. The molecule has 1 amide bonds. The molecule has 2 fully saturated rings. The van der Waals surface area contributed by atoms with Crippen molar-refractivity contribution < 1.29 is 4.79 Å². The summed E-state index contributed by atoms with van der Waals surface area (Å²) < 4.78 is 2.03. The Morgan fingerprint density at radius 3 is 2.59 bits per heavy atom. The number of carbonyl (C=O) groups excluding carboxylic acids is 1. The number of nitrogens with one attached hydrogen (secondary N) is 1. The molecule has 4 nitrogen and oxygen atoms in total. The minimum atomic E-state index is -0.0389. The van der Waals surface area contributed by atoms with Gasteiger partial charge in [0.1, 0.15) is 5.82 Å². The summed E-state index contributed by atoms with van der Waals surface area (Å²) in [5.41, 5.74) is 1.31. The van der Waals surface area contributed by atoms with Gasteiger partial charge in [-0.05, 0) is 31.2 Å². The zero-order chi connectivity index (χ0) is 15.2. The van der Waals surface area contributed by atoms with Crippen LogP contribution in [0.4, 0.5) is 0 Å². The molecule has 4 heteroatoms. The Labute approximate surface area is 130 Å². The Balaban J connectivity index is 1.71. The van der Waals surface area contributed by atoms with Gasteiger partial charge in [-0.1, -0.05) is 30.3 Å². The number of benzene rings is 1. The van der Waals surface area contributed by atoms with E-state index in [0.717, 1.165) is 31.5 Å². The quantitative estimate of drug-likeness (QED) is 0.922. The summed E-state index contributed by atoms with van der Waals surface area (Å²) in [5.74, 6) is 1.36. The van der Waals surface area contributed by atoms with E-state index in [9.17, 15) is 4.79 Å². The highest BCUT2D eigenvalue weighted by molar-refractivity contribution is 5.81. The molecule has 1 N–H and O–H groups in total. The molecule has 2 aromatic rings. The highest BCUT2D eigenvalue weighted by atomic mass is 16.2. The SMILES string of the molecule is Cn1ccnc1C(NC(=O)C1CC1)C1(c2ccccc2)CC1. The van der Waals surface area contributed by atoms with Gasteiger partial charge in [0.25, 0.3) is 0 Å². The maximum atomic E-state index is 12.4. The number of hydrogen-bond acceptors (Lipinski definition) is 2. The third kappa shape index (κ3) is 2.23. The molecular weight excluding hydrogens is 274 g/mol. The van der Waals surface area contributed by atoms with Crippen molar-refractivity contribution in [3.63, 3.8) is 0 Å². The standard InChI is InChI=1S/C18H21N3O/c1-21-12-11-19-16(21)15(20-17(22)13-7-8-13)18(9-10-18)14-5-3-2-4-6-14/h2-6,11-13,15H,7-10H2,1H3,(H,20,22). The van der Waals surface area contributed by atoms with Crippen LogP contribution in [0.3, 0.4) is 0 Å². The van der Waals surface area contributed by atoms with Gasteiger partial charge in [0.05, 0.1) is 6.04 Å². The van der Waals surface area contributed by atoms with Crippen LogP contribution >= 0.6 is 0 Å². The summed E-state index contributed by atoms with van der Waals surface area (Å²) in [6, 6.07) is 10.5. The van der Waals surface area contributed by atoms with Gasteiger partial charge in [-0.25, -0.2) is 4.98 Å². The van der Waals surface area contributed by atoms with E-state index in [2.05, 4.69) is 34.6 Å². The van der Waals surface area contributed by atoms with Crippen molar-refractivity contribution in [3.8, 4) is 0 Å². The third-order valence-electron chi connectivity index (χ3n) is 5.04. The molecule has 1 aromatic carbocycles. The maximum absolute atomic E-state index is 12.4. The summed E-state index contributed by atoms with van der Waals surface area (Å²) in [6.07, 6.45) is 8.01. The fourth-order valence-corrected chi connectivity index (χ4v) is 3.36. The lowest BCUT2D eigenvalue weighted by Gasteiger charge is -2.28. The molecule has 2 aliphatic rings. The summed E-state index contributed by atoms with van der Waals surface area (Å²) in [5, 5.41) is 3.30. The average molecular weight is 295 g/mol. The van der Waals surface area contributed by atoms with Crippen molar-refractivity contribution in [1.82, 2.24) is 14.9 Å². The van der Waals surface area contributed by atoms with Crippen LogP contribution in [-0.4, -0.2) is 15.5 Å². The molecule has 1 heterocycles. The molecule has 1 unspecified atom stereocenters. The Morgan fingerprint density at radius 2 is 2.05 bits per heavy atom. The van der Waals surface area contributed by atoms with Crippen molar-refractivity contribution in [2.24, 2.45) is 13.0 Å². The Morgan fingerprint density at radius 1 is 1.32 bits per heavy atom. The van der Waals surface area contributed by atoms with Gasteiger partial charge in [-0.15, -0.1) is 0 Å². The summed E-state index contributed by atoms with van der Waals surface area (Å²) in [6.45, 7) is 0. The van der Waals surface area contributed by atoms with Crippen LogP contribution in [0, 0.1) is 5.92 Å². The number of nitrogens with zero attached hydrogens (tertiary/aromatic N) is 2. The van der Waals surface area contributed by atoms with Crippen LogP contribution in [-0.2, 0) is 17.3 Å². The Hall–Kier alpha value is -2.10. The first kappa shape index (κ1) is 13.6. The number of aryl methyl sites for hydroxylation is 1. The number of imidazole rings is 1. The summed E-state index contributed by atoms with van der Waals surface area (Å²) in [7, 11) is 2.00. The van der Waals surface area contributed by atoms with Crippen molar-refractivity contribution in [1.29, 1.82) is 0 Å². The normalized spacial score (nSPS) is 20.4. The zero-order valence-electron chi connectivity index (χ0n) is 12.8. The minimum Gasteiger partial charge on any atom is -0.345 e. The fourth-order valence-electron chi connectivity index (χ4n) is 3.36. The van der Waals surface area contributed by atoms with Gasteiger partial charge in [0.2, 0.25) is 5.91 Å². The van der Waals surface area contributed by atoms with Gasteiger partial charge in [-0.2, -0.15) is 0 Å². The highest BCUT2D eigenvalue weighted by Gasteiger charge is 2.53. The molecule has 1 aromatic heterocycles. The molecule has 0 radical (unpaired) electrons. The second-order valence-corrected chi connectivity index (χ2v) is 6.63. The molecule has 0 aliphatic heterocycles. The van der Waals surface area contributed by atoms with Gasteiger partial charge in [0, 0.05) is 30.8 Å². The monoisotopic (exact) mass is 295 g/mol. The average Bonchev–Trinajstić information content (AvgIpc) is 3.45. The van der Waals surface area contributed by atoms with Crippen LogP contribution in [0.1, 0.15) is 43.1 Å². The van der Waals surface area contributed by atoms with Crippen LogP contribution in [0.25, 0.3) is 0 Å². The lowest BCUT2D eigenvalue weighted by molar-refractivity contribution is -0.123. The molecule has 22 heavy (non-hydrogen) atoms. The zero-order valence-corrected chi connectivity index (χ0v) is 12.8. The predicted molar refractivity (Wildman–Crippen MR) is 84.2 cm³/mol. The van der Waals surface area contributed by atoms with E-state index < -0.39 is 0 Å². The number of rotatable bonds is 5. The first-order valence-electron chi connectivity index (χ1n) is 8.04. The van der Waals surface area contributed by atoms with Gasteiger partial charge in [-0.3, -0.25) is 4.79 Å². The van der Waals surface area contributed by atoms with E-state index in [1.165, 1.54) is 5.56 Å². The van der Waals surface area contributed by atoms with E-state index in [-0.39, 0.29) is 23.3 Å². The molecule has 114 valence electrons. The smallest absolute Gasteiger partial charge is 0.223 e. The molecule has 0 bridgehead atoms. The van der Waals surface area contributed by atoms with Crippen molar-refractivity contribution in [2.45, 2.75) is 37.1 Å². The van der Waals surface area contributed by atoms with Crippen LogP contribution in [0.2, 0.25) is 0 Å². The first-order chi connectivity index (χ1) is 10.7. The van der Waals surface area contributed by atoms with Crippen LogP contribution in [0.5, 0.6) is 0 Å². The predicted octanol–water partition coefficient (Wildman–Crippen LogP) is 2.72. The number of aromatic nitrogens is 2. The third-order valence-corrected chi connectivity index (χ3v) is 5.04. The first-order valence-corrected chi connectivity index (χ1v) is 8.04. The molecule has 0 spiro atoms. The van der Waals surface area contributed by atoms with Crippen molar-refractivity contribution in [3.05, 3.63) is 54.1 Å². The molecule has 2 saturated carbocycles. The van der Waals surface area contributed by atoms with E-state index in [0.29, 0.717) is 0 Å². The van der Waals surface area contributed by atoms with Gasteiger partial charge >= 0.3 is 0 Å². The topological polar surface area (TPSA) is 46.9 Å². The van der Waals surface area contributed by atoms with Gasteiger partial charge in [0.15, 0.2) is 0 Å². The molecule has 1 atom stereocenters. The molecule has 0 saturated heterocycles. The maximum Gasteiger partial charge on any atom is 0.223 e. The second kappa shape index (κ2) is 4.97. The molecule has 4 rings (SSSR count). The van der Waals surface area contributed by atoms with E-state index in [1.807, 2.05) is 30.1 Å². The fraction of sp³-hybridized carbons (Fsp3) is 0.444. The van der Waals surface area contributed by atoms with E-state index >= 15 is 0 Å². The molecule has 2 aliphatic carbocycles. The van der Waals surface area contributed by atoms with Crippen LogP contribution in [0.15, 0.2) is 42.7 Å². The lowest BCUT2D eigenvalue weighted by atomic mass is 9.87. The van der Waals surface area contributed by atoms with Crippen molar-refractivity contribution in [2.75, 3.05) is 0 Å². The number of amides is 1. The number of hydrogen-bond donors (Lipinski definition) is 1. The van der Waals surface area contributed by atoms with Crippen LogP contribution < -0.4 is 5.32 Å². The molecular formula is C18H21N3O. The summed E-state index contributed by atoms with van der Waals surface area (Å²) in [4.78, 5) is 16.9. The minimum absolute atomic E-state index is 0.00488. The second-order valence-electron chi connectivity index (χ2n) is 6.63. The highest BCUT2D eigenvalue weighted by Crippen LogP contribution is 2.56. The van der Waals surface area contributed by atoms with Gasteiger partial charge < -0.3 is 9.88 Å². The largest absolute Gasteiger partial charge is 0.345 e. The Bertz CT molecular complexity index is 683. The lowest BCUT2D eigenvalue weighted by Crippen LogP contribution is -2.38. The number of carbonyl (C=O) groups is 1. The van der Waals surface area contributed by atoms with E-state index in [1.54, 1.807) is 0 Å². The van der Waals surface area contributed by atoms with Crippen molar-refractivity contribution >= 4 is 5.91 Å².